The van der Waals surface area contributed by atoms with Gasteiger partial charge in [0.2, 0.25) is 0 Å². The molecule has 0 spiro atoms. The molecule has 2 N–H and O–H groups in total. The zero-order valence-electron chi connectivity index (χ0n) is 10.7. The van der Waals surface area contributed by atoms with Crippen molar-refractivity contribution in [1.29, 1.82) is 0 Å². The minimum atomic E-state index is 1.08. The normalized spacial score (nSPS) is 10.3. The van der Waals surface area contributed by atoms with Crippen LogP contribution in [0.15, 0.2) is 0 Å². The summed E-state index contributed by atoms with van der Waals surface area (Å²) in [6.07, 6.45) is 0. The third-order valence-corrected chi connectivity index (χ3v) is 1.62. The largest absolute Gasteiger partial charge is 0.318 e. The summed E-state index contributed by atoms with van der Waals surface area (Å²) >= 11 is 0. The minimum absolute atomic E-state index is 1.08. The van der Waals surface area contributed by atoms with Gasteiger partial charge in [0.05, 0.1) is 0 Å². The smallest absolute Gasteiger partial charge is 0.0101 e. The standard InChI is InChI=1S/2C5H14N2/c2*1-6-4-5-7(2)3/h2*6H,4-5H2,1-3H3. The molecule has 0 amide bonds. The molecule has 0 saturated heterocycles. The average molecular weight is 204 g/mol. The molecule has 0 rings (SSSR count). The van der Waals surface area contributed by atoms with Crippen molar-refractivity contribution in [3.8, 4) is 0 Å². The van der Waals surface area contributed by atoms with E-state index in [-0.39, 0.29) is 0 Å². The lowest BCUT2D eigenvalue weighted by Gasteiger charge is -2.06. The van der Waals surface area contributed by atoms with Crippen LogP contribution in [0.2, 0.25) is 0 Å². The van der Waals surface area contributed by atoms with Gasteiger partial charge in [0, 0.05) is 26.2 Å². The minimum Gasteiger partial charge on any atom is -0.318 e. The van der Waals surface area contributed by atoms with E-state index in [1.807, 2.05) is 14.1 Å². The third-order valence-electron chi connectivity index (χ3n) is 1.62. The van der Waals surface area contributed by atoms with E-state index in [4.69, 9.17) is 0 Å². The Morgan fingerprint density at radius 3 is 1.07 bits per heavy atom. The molecule has 0 unspecified atom stereocenters. The maximum atomic E-state index is 3.06. The Hall–Kier alpha value is -0.160. The Bertz CT molecular complexity index is 82.1. The van der Waals surface area contributed by atoms with Gasteiger partial charge in [-0.1, -0.05) is 0 Å². The van der Waals surface area contributed by atoms with E-state index in [0.29, 0.717) is 0 Å². The number of nitrogens with one attached hydrogen (secondary N) is 2. The van der Waals surface area contributed by atoms with Crippen LogP contribution in [0, 0.1) is 0 Å². The molecule has 0 aromatic heterocycles. The van der Waals surface area contributed by atoms with Crippen LogP contribution < -0.4 is 10.6 Å². The van der Waals surface area contributed by atoms with Gasteiger partial charge >= 0.3 is 0 Å². The van der Waals surface area contributed by atoms with Crippen LogP contribution in [0.25, 0.3) is 0 Å². The van der Waals surface area contributed by atoms with E-state index >= 15 is 0 Å². The number of hydrogen-bond donors (Lipinski definition) is 2. The molecule has 0 aromatic rings. The van der Waals surface area contributed by atoms with E-state index < -0.39 is 0 Å². The molecule has 0 aliphatic heterocycles. The number of likely N-dealkylation sites (N-methyl/N-ethyl adjacent to an activating group) is 4. The van der Waals surface area contributed by atoms with E-state index in [0.717, 1.165) is 26.2 Å². The fourth-order valence-corrected chi connectivity index (χ4v) is 0.671. The molecular weight excluding hydrogens is 176 g/mol. The van der Waals surface area contributed by atoms with Crippen LogP contribution in [0.4, 0.5) is 0 Å². The van der Waals surface area contributed by atoms with Crippen molar-refractivity contribution >= 4 is 0 Å². The summed E-state index contributed by atoms with van der Waals surface area (Å²) in [4.78, 5) is 4.30. The highest BCUT2D eigenvalue weighted by Gasteiger charge is 1.83. The summed E-state index contributed by atoms with van der Waals surface area (Å²) in [7, 11) is 12.2. The number of hydrogen-bond acceptors (Lipinski definition) is 4. The van der Waals surface area contributed by atoms with E-state index in [2.05, 4.69) is 48.6 Å². The van der Waals surface area contributed by atoms with E-state index in [1.165, 1.54) is 0 Å². The second-order valence-corrected chi connectivity index (χ2v) is 3.81. The predicted octanol–water partition coefficient (Wildman–Crippen LogP) is -0.465. The summed E-state index contributed by atoms with van der Waals surface area (Å²) in [5.74, 6) is 0. The molecule has 0 heterocycles. The van der Waals surface area contributed by atoms with Gasteiger partial charge in [0.15, 0.2) is 0 Å². The second-order valence-electron chi connectivity index (χ2n) is 3.81. The van der Waals surface area contributed by atoms with E-state index in [9.17, 15) is 0 Å². The summed E-state index contributed by atoms with van der Waals surface area (Å²) in [6, 6.07) is 0. The first-order valence-electron chi connectivity index (χ1n) is 5.13. The van der Waals surface area contributed by atoms with Crippen LogP contribution >= 0.6 is 0 Å². The Kier molecular flexibility index (Phi) is 14.9. The van der Waals surface area contributed by atoms with Crippen LogP contribution in [-0.4, -0.2) is 78.3 Å². The molecule has 14 heavy (non-hydrogen) atoms. The molecule has 0 fully saturated rings. The zero-order chi connectivity index (χ0) is 11.4. The molecule has 0 atom stereocenters. The van der Waals surface area contributed by atoms with Gasteiger partial charge in [-0.3, -0.25) is 0 Å². The van der Waals surface area contributed by atoms with Crippen molar-refractivity contribution in [2.45, 2.75) is 0 Å². The zero-order valence-corrected chi connectivity index (χ0v) is 10.7. The molecular formula is C10H28N4. The van der Waals surface area contributed by atoms with Crippen LogP contribution in [0.3, 0.4) is 0 Å². The first-order valence-corrected chi connectivity index (χ1v) is 5.13. The maximum Gasteiger partial charge on any atom is 0.0101 e. The summed E-state index contributed by atoms with van der Waals surface area (Å²) in [5.41, 5.74) is 0. The van der Waals surface area contributed by atoms with Gasteiger partial charge in [-0.2, -0.15) is 0 Å². The second kappa shape index (κ2) is 12.8. The van der Waals surface area contributed by atoms with Crippen molar-refractivity contribution in [1.82, 2.24) is 20.4 Å². The third kappa shape index (κ3) is 22.6. The van der Waals surface area contributed by atoms with Gasteiger partial charge in [-0.25, -0.2) is 0 Å². The average Bonchev–Trinajstić information content (AvgIpc) is 2.12. The Morgan fingerprint density at radius 1 is 0.714 bits per heavy atom. The molecule has 0 bridgehead atoms. The molecule has 0 aliphatic rings. The van der Waals surface area contributed by atoms with Gasteiger partial charge in [0.25, 0.3) is 0 Å². The number of rotatable bonds is 6. The molecule has 0 aliphatic carbocycles. The fourth-order valence-electron chi connectivity index (χ4n) is 0.671. The van der Waals surface area contributed by atoms with Crippen molar-refractivity contribution in [3.05, 3.63) is 0 Å². The number of nitrogens with zero attached hydrogens (tertiary/aromatic N) is 2. The monoisotopic (exact) mass is 204 g/mol. The quantitative estimate of drug-likeness (QED) is 0.613. The van der Waals surface area contributed by atoms with Gasteiger partial charge in [-0.05, 0) is 42.3 Å². The van der Waals surface area contributed by atoms with Crippen molar-refractivity contribution in [2.75, 3.05) is 68.5 Å². The first-order chi connectivity index (χ1) is 6.54. The Morgan fingerprint density at radius 2 is 1.00 bits per heavy atom. The lowest BCUT2D eigenvalue weighted by Crippen LogP contribution is -2.23. The molecule has 88 valence electrons. The highest BCUT2D eigenvalue weighted by atomic mass is 15.1. The van der Waals surface area contributed by atoms with E-state index in [1.54, 1.807) is 0 Å². The highest BCUT2D eigenvalue weighted by molar-refractivity contribution is 4.43. The molecule has 0 saturated carbocycles. The van der Waals surface area contributed by atoms with Crippen molar-refractivity contribution < 1.29 is 0 Å². The predicted molar refractivity (Wildman–Crippen MR) is 65.0 cm³/mol. The topological polar surface area (TPSA) is 30.5 Å². The van der Waals surface area contributed by atoms with Gasteiger partial charge in [0.1, 0.15) is 0 Å². The first kappa shape index (κ1) is 16.3. The summed E-state index contributed by atoms with van der Waals surface area (Å²) < 4.78 is 0. The van der Waals surface area contributed by atoms with Crippen molar-refractivity contribution in [3.63, 3.8) is 0 Å². The molecule has 4 nitrogen and oxygen atoms in total. The lowest BCUT2D eigenvalue weighted by molar-refractivity contribution is 0.407. The molecule has 0 aromatic carbocycles. The van der Waals surface area contributed by atoms with Crippen LogP contribution in [-0.2, 0) is 0 Å². The molecule has 0 radical (unpaired) electrons. The lowest BCUT2D eigenvalue weighted by atomic mass is 10.6. The highest BCUT2D eigenvalue weighted by Crippen LogP contribution is 1.67. The van der Waals surface area contributed by atoms with Crippen molar-refractivity contribution in [2.24, 2.45) is 0 Å². The fraction of sp³-hybridized carbons (Fsp3) is 1.00. The Labute approximate surface area is 89.6 Å². The Balaban J connectivity index is 0. The van der Waals surface area contributed by atoms with Gasteiger partial charge in [-0.15, -0.1) is 0 Å². The SMILES string of the molecule is CNCCN(C)C.CNCCN(C)C. The summed E-state index contributed by atoms with van der Waals surface area (Å²) in [6.45, 7) is 4.40. The summed E-state index contributed by atoms with van der Waals surface area (Å²) in [5, 5.41) is 6.11. The van der Waals surface area contributed by atoms with Gasteiger partial charge < -0.3 is 20.4 Å². The van der Waals surface area contributed by atoms with Crippen LogP contribution in [0.1, 0.15) is 0 Å². The molecule has 4 heteroatoms. The van der Waals surface area contributed by atoms with Crippen LogP contribution in [0.5, 0.6) is 0 Å². The maximum absolute atomic E-state index is 3.06.